The molecule has 0 fully saturated rings. The molecule has 0 heterocycles. The Morgan fingerprint density at radius 1 is 0.652 bits per heavy atom. The van der Waals surface area contributed by atoms with Gasteiger partial charge in [-0.2, -0.15) is 16.8 Å². The molecule has 0 bridgehead atoms. The van der Waals surface area contributed by atoms with E-state index in [1.165, 1.54) is 45.9 Å². The predicted molar refractivity (Wildman–Crippen MR) is 85.3 cm³/mol. The molecule has 6 nitrogen and oxygen atoms in total. The van der Waals surface area contributed by atoms with Gasteiger partial charge in [-0.3, -0.25) is 9.11 Å². The van der Waals surface area contributed by atoms with Crippen molar-refractivity contribution in [2.45, 2.75) is 19.6 Å². The molecule has 2 aromatic carbocycles. The van der Waals surface area contributed by atoms with Gasteiger partial charge in [0.25, 0.3) is 20.2 Å². The molecule has 2 N–H and O–H groups in total. The molecule has 2 aromatic rings. The summed E-state index contributed by atoms with van der Waals surface area (Å²) in [6, 6.07) is 11.4. The monoisotopic (exact) mass is 402 g/mol. The summed E-state index contributed by atoms with van der Waals surface area (Å²) in [7, 11) is -5.74. The summed E-state index contributed by atoms with van der Waals surface area (Å²) in [5, 5.41) is 0. The molecular weight excluding hydrogens is 391 g/mol. The van der Waals surface area contributed by atoms with E-state index in [0.717, 1.165) is 9.79 Å². The molecule has 0 spiro atoms. The molecular formula is C12H11NaO6S4. The van der Waals surface area contributed by atoms with E-state index in [1.54, 1.807) is 24.3 Å². The maximum absolute atomic E-state index is 10.9. The van der Waals surface area contributed by atoms with Gasteiger partial charge in [-0.25, -0.2) is 0 Å². The molecule has 0 amide bonds. The Bertz CT molecular complexity index is 791. The molecule has 120 valence electrons. The first-order chi connectivity index (χ1) is 10.2. The van der Waals surface area contributed by atoms with Crippen LogP contribution in [0, 0.1) is 0 Å². The number of hydrogen-bond acceptors (Lipinski definition) is 6. The summed E-state index contributed by atoms with van der Waals surface area (Å²) in [6.45, 7) is 0. The average Bonchev–Trinajstić information content (AvgIpc) is 2.44. The summed E-state index contributed by atoms with van der Waals surface area (Å²) in [5.41, 5.74) is 0. The van der Waals surface area contributed by atoms with Gasteiger partial charge in [-0.15, -0.1) is 0 Å². The predicted octanol–water partition coefficient (Wildman–Crippen LogP) is 0.0959. The summed E-state index contributed by atoms with van der Waals surface area (Å²) in [5.74, 6) is 0. The third-order valence-corrected chi connectivity index (χ3v) is 6.63. The van der Waals surface area contributed by atoms with Crippen LogP contribution in [0.25, 0.3) is 0 Å². The maximum Gasteiger partial charge on any atom is 1.00 e. The Labute approximate surface area is 165 Å². The molecule has 0 unspecified atom stereocenters. The fourth-order valence-corrected chi connectivity index (χ4v) is 4.32. The summed E-state index contributed by atoms with van der Waals surface area (Å²) >= 11 is 0. The minimum Gasteiger partial charge on any atom is -1.00 e. The Hall–Kier alpha value is -0.0400. The van der Waals surface area contributed by atoms with Crippen LogP contribution in [0.5, 0.6) is 0 Å². The van der Waals surface area contributed by atoms with E-state index in [1.807, 2.05) is 0 Å². The van der Waals surface area contributed by atoms with Crippen molar-refractivity contribution in [1.29, 1.82) is 0 Å². The van der Waals surface area contributed by atoms with Gasteiger partial charge < -0.3 is 1.43 Å². The van der Waals surface area contributed by atoms with Crippen LogP contribution in [-0.4, -0.2) is 25.9 Å². The second kappa shape index (κ2) is 8.37. The molecule has 0 saturated carbocycles. The minimum absolute atomic E-state index is 0. The van der Waals surface area contributed by atoms with Crippen LogP contribution < -0.4 is 29.6 Å². The van der Waals surface area contributed by atoms with Crippen molar-refractivity contribution in [3.8, 4) is 0 Å². The molecule has 0 saturated heterocycles. The standard InChI is InChI=1S/C12H10O6S4.Na.H/c13-21(14,15)11-5-1-9(2-6-11)19-20-10-3-7-12(8-4-10)22(16,17)18;;/h1-8H,(H,13,14,15)(H,16,17,18);;/q;+1;-1. The third-order valence-electron chi connectivity index (χ3n) is 2.48. The number of rotatable bonds is 5. The Morgan fingerprint density at radius 2 is 0.913 bits per heavy atom. The normalized spacial score (nSPS) is 11.7. The number of hydrogen-bond donors (Lipinski definition) is 2. The van der Waals surface area contributed by atoms with Crippen molar-refractivity contribution in [3.05, 3.63) is 48.5 Å². The van der Waals surface area contributed by atoms with Gasteiger partial charge in [-0.1, -0.05) is 21.6 Å². The van der Waals surface area contributed by atoms with Crippen LogP contribution in [0.2, 0.25) is 0 Å². The van der Waals surface area contributed by atoms with Crippen LogP contribution >= 0.6 is 21.6 Å². The largest absolute Gasteiger partial charge is 1.00 e. The first-order valence-corrected chi connectivity index (χ1v) is 10.7. The molecule has 0 atom stereocenters. The zero-order chi connectivity index (χ0) is 16.4. The summed E-state index contributed by atoms with van der Waals surface area (Å²) in [6.07, 6.45) is 0. The molecule has 0 aliphatic carbocycles. The van der Waals surface area contributed by atoms with Crippen molar-refractivity contribution in [1.82, 2.24) is 0 Å². The Morgan fingerprint density at radius 3 is 1.13 bits per heavy atom. The van der Waals surface area contributed by atoms with Gasteiger partial charge in [0, 0.05) is 9.79 Å². The molecule has 11 heteroatoms. The zero-order valence-electron chi connectivity index (χ0n) is 12.8. The van der Waals surface area contributed by atoms with E-state index >= 15 is 0 Å². The maximum atomic E-state index is 10.9. The first kappa shape index (κ1) is 21.0. The van der Waals surface area contributed by atoms with Gasteiger partial charge in [0.1, 0.15) is 0 Å². The van der Waals surface area contributed by atoms with E-state index in [4.69, 9.17) is 9.11 Å². The molecule has 23 heavy (non-hydrogen) atoms. The third kappa shape index (κ3) is 6.40. The van der Waals surface area contributed by atoms with Gasteiger partial charge in [0.05, 0.1) is 9.79 Å². The van der Waals surface area contributed by atoms with Crippen LogP contribution in [0.15, 0.2) is 68.1 Å². The van der Waals surface area contributed by atoms with Crippen molar-refractivity contribution in [3.63, 3.8) is 0 Å². The van der Waals surface area contributed by atoms with Gasteiger partial charge in [0.15, 0.2) is 0 Å². The van der Waals surface area contributed by atoms with Crippen molar-refractivity contribution in [2.75, 3.05) is 0 Å². The first-order valence-electron chi connectivity index (χ1n) is 5.66. The van der Waals surface area contributed by atoms with Crippen molar-refractivity contribution >= 4 is 41.8 Å². The van der Waals surface area contributed by atoms with Gasteiger partial charge in [0.2, 0.25) is 0 Å². The van der Waals surface area contributed by atoms with E-state index in [9.17, 15) is 16.8 Å². The van der Waals surface area contributed by atoms with E-state index < -0.39 is 20.2 Å². The molecule has 0 aliphatic heterocycles. The quantitative estimate of drug-likeness (QED) is 0.412. The Balaban J connectivity index is 0.00000264. The fraction of sp³-hybridized carbons (Fsp3) is 0. The second-order valence-corrected chi connectivity index (χ2v) is 9.18. The Kier molecular flexibility index (Phi) is 7.64. The van der Waals surface area contributed by atoms with Crippen molar-refractivity contribution in [2.24, 2.45) is 0 Å². The SMILES string of the molecule is O=S(=O)(O)c1ccc(SSc2ccc(S(=O)(=O)O)cc2)cc1.[H-].[Na+]. The topological polar surface area (TPSA) is 109 Å². The second-order valence-electron chi connectivity index (χ2n) is 4.06. The molecule has 2 rings (SSSR count). The van der Waals surface area contributed by atoms with Gasteiger partial charge >= 0.3 is 29.6 Å². The van der Waals surface area contributed by atoms with Crippen LogP contribution in [0.1, 0.15) is 1.43 Å². The van der Waals surface area contributed by atoms with E-state index in [-0.39, 0.29) is 40.8 Å². The number of benzene rings is 2. The fourth-order valence-electron chi connectivity index (χ4n) is 1.43. The van der Waals surface area contributed by atoms with E-state index in [0.29, 0.717) is 0 Å². The zero-order valence-corrected chi connectivity index (χ0v) is 17.0. The van der Waals surface area contributed by atoms with Crippen molar-refractivity contribution < 1.29 is 56.9 Å². The summed E-state index contributed by atoms with van der Waals surface area (Å²) < 4.78 is 61.4. The van der Waals surface area contributed by atoms with Crippen LogP contribution in [-0.2, 0) is 20.2 Å². The molecule has 0 radical (unpaired) electrons. The van der Waals surface area contributed by atoms with Crippen LogP contribution in [0.4, 0.5) is 0 Å². The van der Waals surface area contributed by atoms with Crippen LogP contribution in [0.3, 0.4) is 0 Å². The average molecular weight is 402 g/mol. The minimum atomic E-state index is -4.20. The smallest absolute Gasteiger partial charge is 1.00 e. The molecule has 0 aliphatic rings. The van der Waals surface area contributed by atoms with Gasteiger partial charge in [-0.05, 0) is 48.5 Å². The van der Waals surface area contributed by atoms with E-state index in [2.05, 4.69) is 0 Å². The summed E-state index contributed by atoms with van der Waals surface area (Å²) in [4.78, 5) is 1.16. The molecule has 0 aromatic heterocycles.